The number of hydrogen-bond donors (Lipinski definition) is 1. The van der Waals surface area contributed by atoms with Crippen molar-refractivity contribution in [3.63, 3.8) is 0 Å². The van der Waals surface area contributed by atoms with E-state index < -0.39 is 0 Å². The number of carbonyl (C=O) groups excluding carboxylic acids is 1. The molecule has 1 aromatic rings. The smallest absolute Gasteiger partial charge is 0.266 e. The molecule has 1 amide bonds. The molecule has 2 atom stereocenters. The van der Waals surface area contributed by atoms with Gasteiger partial charge in [0.1, 0.15) is 4.88 Å². The van der Waals surface area contributed by atoms with Gasteiger partial charge in [-0.15, -0.1) is 11.3 Å². The highest BCUT2D eigenvalue weighted by Crippen LogP contribution is 2.23. The van der Waals surface area contributed by atoms with E-state index in [1.807, 2.05) is 11.8 Å². The summed E-state index contributed by atoms with van der Waals surface area (Å²) in [5.41, 5.74) is 0.886. The third kappa shape index (κ3) is 2.98. The minimum Gasteiger partial charge on any atom is -0.332 e. The lowest BCUT2D eigenvalue weighted by atomic mass is 10.1. The van der Waals surface area contributed by atoms with Gasteiger partial charge in [0, 0.05) is 25.2 Å². The van der Waals surface area contributed by atoms with E-state index in [2.05, 4.69) is 31.1 Å². The zero-order chi connectivity index (χ0) is 14.0. The number of nitrogens with one attached hydrogen (secondary N) is 1. The number of hydrogen-bond acceptors (Lipinski definition) is 4. The molecule has 2 unspecified atom stereocenters. The van der Waals surface area contributed by atoms with Crippen LogP contribution in [-0.2, 0) is 6.42 Å². The van der Waals surface area contributed by atoms with E-state index in [4.69, 9.17) is 0 Å². The summed E-state index contributed by atoms with van der Waals surface area (Å²) in [6.45, 7) is 9.98. The van der Waals surface area contributed by atoms with Crippen molar-refractivity contribution in [3.8, 4) is 0 Å². The van der Waals surface area contributed by atoms with Crippen molar-refractivity contribution in [2.45, 2.75) is 52.6 Å². The van der Waals surface area contributed by atoms with Crippen LogP contribution in [0.3, 0.4) is 0 Å². The molecule has 0 aromatic carbocycles. The molecule has 0 saturated carbocycles. The predicted octanol–water partition coefficient (Wildman–Crippen LogP) is 2.23. The first-order valence-electron chi connectivity index (χ1n) is 7.05. The Morgan fingerprint density at radius 3 is 2.95 bits per heavy atom. The number of piperazine rings is 1. The molecule has 1 aromatic heterocycles. The Labute approximate surface area is 119 Å². The van der Waals surface area contributed by atoms with Gasteiger partial charge in [-0.3, -0.25) is 4.79 Å². The monoisotopic (exact) mass is 281 g/mol. The fourth-order valence-corrected chi connectivity index (χ4v) is 3.57. The van der Waals surface area contributed by atoms with Gasteiger partial charge in [-0.2, -0.15) is 0 Å². The van der Waals surface area contributed by atoms with E-state index in [-0.39, 0.29) is 11.9 Å². The van der Waals surface area contributed by atoms with Crippen LogP contribution < -0.4 is 5.32 Å². The SMILES string of the molecule is CCCc1nc(C)c(C(=O)N2CCNC(C)C2C)s1. The molecule has 1 saturated heterocycles. The molecule has 4 nitrogen and oxygen atoms in total. The van der Waals surface area contributed by atoms with Gasteiger partial charge < -0.3 is 10.2 Å². The molecule has 2 heterocycles. The molecule has 1 aliphatic heterocycles. The van der Waals surface area contributed by atoms with Gasteiger partial charge in [0.2, 0.25) is 0 Å². The zero-order valence-electron chi connectivity index (χ0n) is 12.2. The van der Waals surface area contributed by atoms with E-state index >= 15 is 0 Å². The molecule has 19 heavy (non-hydrogen) atoms. The van der Waals surface area contributed by atoms with Crippen LogP contribution in [0.5, 0.6) is 0 Å². The third-order valence-electron chi connectivity index (χ3n) is 3.79. The van der Waals surface area contributed by atoms with Crippen LogP contribution in [0.2, 0.25) is 0 Å². The van der Waals surface area contributed by atoms with Crippen LogP contribution in [0.25, 0.3) is 0 Å². The summed E-state index contributed by atoms with van der Waals surface area (Å²) in [5.74, 6) is 0.151. The number of aryl methyl sites for hydroxylation is 2. The number of amides is 1. The average Bonchev–Trinajstić information content (AvgIpc) is 2.73. The summed E-state index contributed by atoms with van der Waals surface area (Å²) in [5, 5.41) is 4.48. The molecule has 0 aliphatic carbocycles. The summed E-state index contributed by atoms with van der Waals surface area (Å²) >= 11 is 1.57. The van der Waals surface area contributed by atoms with Crippen molar-refractivity contribution in [3.05, 3.63) is 15.6 Å². The highest BCUT2D eigenvalue weighted by atomic mass is 32.1. The van der Waals surface area contributed by atoms with E-state index in [9.17, 15) is 4.79 Å². The number of thiazole rings is 1. The van der Waals surface area contributed by atoms with Gasteiger partial charge in [0.25, 0.3) is 5.91 Å². The van der Waals surface area contributed by atoms with Gasteiger partial charge in [-0.25, -0.2) is 4.98 Å². The standard InChI is InChI=1S/C14H23N3OS/c1-5-6-12-16-10(3)13(19-12)14(18)17-8-7-15-9(2)11(17)4/h9,11,15H,5-8H2,1-4H3. The van der Waals surface area contributed by atoms with E-state index in [0.29, 0.717) is 6.04 Å². The second-order valence-electron chi connectivity index (χ2n) is 5.25. The maximum atomic E-state index is 12.7. The van der Waals surface area contributed by atoms with Gasteiger partial charge in [0.15, 0.2) is 0 Å². The molecule has 0 radical (unpaired) electrons. The van der Waals surface area contributed by atoms with Crippen molar-refractivity contribution >= 4 is 17.2 Å². The first-order valence-corrected chi connectivity index (χ1v) is 7.87. The predicted molar refractivity (Wildman–Crippen MR) is 78.8 cm³/mol. The molecule has 5 heteroatoms. The lowest BCUT2D eigenvalue weighted by molar-refractivity contribution is 0.0607. The second-order valence-corrected chi connectivity index (χ2v) is 6.34. The van der Waals surface area contributed by atoms with E-state index in [1.54, 1.807) is 11.3 Å². The minimum atomic E-state index is 0.151. The number of rotatable bonds is 3. The topological polar surface area (TPSA) is 45.2 Å². The summed E-state index contributed by atoms with van der Waals surface area (Å²) in [7, 11) is 0. The van der Waals surface area contributed by atoms with Crippen molar-refractivity contribution in [1.82, 2.24) is 15.2 Å². The van der Waals surface area contributed by atoms with Crippen LogP contribution in [0.4, 0.5) is 0 Å². The summed E-state index contributed by atoms with van der Waals surface area (Å²) in [6, 6.07) is 0.582. The molecular formula is C14H23N3OS. The Bertz CT molecular complexity index is 458. The van der Waals surface area contributed by atoms with Crippen LogP contribution >= 0.6 is 11.3 Å². The first kappa shape index (κ1) is 14.5. The van der Waals surface area contributed by atoms with Crippen LogP contribution in [0, 0.1) is 6.92 Å². The van der Waals surface area contributed by atoms with Crippen molar-refractivity contribution in [2.75, 3.05) is 13.1 Å². The Balaban J connectivity index is 2.18. The lowest BCUT2D eigenvalue weighted by Gasteiger charge is -2.38. The van der Waals surface area contributed by atoms with Crippen molar-refractivity contribution in [2.24, 2.45) is 0 Å². The maximum absolute atomic E-state index is 12.7. The van der Waals surface area contributed by atoms with Crippen molar-refractivity contribution < 1.29 is 4.79 Å². The normalized spacial score (nSPS) is 23.7. The zero-order valence-corrected chi connectivity index (χ0v) is 13.0. The van der Waals surface area contributed by atoms with Crippen LogP contribution in [-0.4, -0.2) is 41.0 Å². The van der Waals surface area contributed by atoms with Gasteiger partial charge >= 0.3 is 0 Å². The molecule has 1 fully saturated rings. The lowest BCUT2D eigenvalue weighted by Crippen LogP contribution is -2.57. The Morgan fingerprint density at radius 2 is 2.26 bits per heavy atom. The minimum absolute atomic E-state index is 0.151. The molecule has 0 spiro atoms. The van der Waals surface area contributed by atoms with Crippen LogP contribution in [0.1, 0.15) is 47.6 Å². The highest BCUT2D eigenvalue weighted by Gasteiger charge is 2.30. The van der Waals surface area contributed by atoms with Gasteiger partial charge in [-0.1, -0.05) is 6.92 Å². The fourth-order valence-electron chi connectivity index (χ4n) is 2.45. The number of aromatic nitrogens is 1. The average molecular weight is 281 g/mol. The molecule has 2 rings (SSSR count). The summed E-state index contributed by atoms with van der Waals surface area (Å²) in [6.07, 6.45) is 2.04. The fraction of sp³-hybridized carbons (Fsp3) is 0.714. The third-order valence-corrected chi connectivity index (χ3v) is 5.00. The molecular weight excluding hydrogens is 258 g/mol. The quantitative estimate of drug-likeness (QED) is 0.924. The van der Waals surface area contributed by atoms with Gasteiger partial charge in [-0.05, 0) is 33.6 Å². The summed E-state index contributed by atoms with van der Waals surface area (Å²) in [4.78, 5) is 20.0. The first-order chi connectivity index (χ1) is 9.04. The molecule has 1 N–H and O–H groups in total. The number of nitrogens with zero attached hydrogens (tertiary/aromatic N) is 2. The maximum Gasteiger partial charge on any atom is 0.266 e. The summed E-state index contributed by atoms with van der Waals surface area (Å²) < 4.78 is 0. The Hall–Kier alpha value is -0.940. The Kier molecular flexibility index (Phi) is 4.58. The molecule has 1 aliphatic rings. The highest BCUT2D eigenvalue weighted by molar-refractivity contribution is 7.13. The largest absolute Gasteiger partial charge is 0.332 e. The van der Waals surface area contributed by atoms with Gasteiger partial charge in [0.05, 0.1) is 10.7 Å². The van der Waals surface area contributed by atoms with Crippen LogP contribution in [0.15, 0.2) is 0 Å². The van der Waals surface area contributed by atoms with Crippen molar-refractivity contribution in [1.29, 1.82) is 0 Å². The van der Waals surface area contributed by atoms with E-state index in [1.165, 1.54) is 0 Å². The molecule has 106 valence electrons. The number of carbonyl (C=O) groups is 1. The van der Waals surface area contributed by atoms with E-state index in [0.717, 1.165) is 41.5 Å². The molecule has 0 bridgehead atoms. The Morgan fingerprint density at radius 1 is 1.53 bits per heavy atom. The second kappa shape index (κ2) is 6.01.